The van der Waals surface area contributed by atoms with Gasteiger partial charge in [-0.2, -0.15) is 0 Å². The van der Waals surface area contributed by atoms with Crippen molar-refractivity contribution in [2.75, 3.05) is 21.3 Å². The second-order valence-corrected chi connectivity index (χ2v) is 5.02. The second kappa shape index (κ2) is 6.16. The fourth-order valence-electron chi connectivity index (χ4n) is 2.54. The number of aromatic hydroxyl groups is 1. The molecule has 3 rings (SSSR count). The minimum absolute atomic E-state index is 0.0398. The molecule has 3 aromatic rings. The molecular formula is C18H16O6. The Bertz CT molecular complexity index is 932. The lowest BCUT2D eigenvalue weighted by atomic mass is 10.1. The van der Waals surface area contributed by atoms with E-state index >= 15 is 0 Å². The third-order valence-corrected chi connectivity index (χ3v) is 3.70. The first-order valence-electron chi connectivity index (χ1n) is 7.16. The normalized spacial score (nSPS) is 10.6. The number of para-hydroxylation sites is 1. The van der Waals surface area contributed by atoms with Gasteiger partial charge in [-0.25, -0.2) is 0 Å². The van der Waals surface area contributed by atoms with E-state index in [1.807, 2.05) is 0 Å². The third kappa shape index (κ3) is 2.42. The number of ether oxygens (including phenoxy) is 3. The van der Waals surface area contributed by atoms with Gasteiger partial charge in [-0.1, -0.05) is 12.1 Å². The maximum Gasteiger partial charge on any atom is 0.235 e. The van der Waals surface area contributed by atoms with Crippen LogP contribution in [0.1, 0.15) is 0 Å². The summed E-state index contributed by atoms with van der Waals surface area (Å²) in [7, 11) is 4.46. The van der Waals surface area contributed by atoms with Gasteiger partial charge in [0.2, 0.25) is 16.9 Å². The van der Waals surface area contributed by atoms with E-state index in [1.165, 1.54) is 21.3 Å². The standard InChI is InChI=1S/C18H16O6/c1-21-13-8-10(9-14(22-2)18(13)23-3)17-16(20)15(19)11-6-4-5-7-12(11)24-17/h4-9,20H,1-3H3. The van der Waals surface area contributed by atoms with E-state index in [-0.39, 0.29) is 5.76 Å². The minimum Gasteiger partial charge on any atom is -0.502 e. The molecule has 0 spiro atoms. The van der Waals surface area contributed by atoms with E-state index in [4.69, 9.17) is 18.6 Å². The highest BCUT2D eigenvalue weighted by atomic mass is 16.5. The molecule has 6 heteroatoms. The first-order chi connectivity index (χ1) is 11.6. The fraction of sp³-hybridized carbons (Fsp3) is 0.167. The number of methoxy groups -OCH3 is 3. The summed E-state index contributed by atoms with van der Waals surface area (Å²) in [5.74, 6) is 0.761. The lowest BCUT2D eigenvalue weighted by Gasteiger charge is -2.14. The van der Waals surface area contributed by atoms with Gasteiger partial charge in [0.1, 0.15) is 5.58 Å². The molecule has 6 nitrogen and oxygen atoms in total. The Morgan fingerprint density at radius 2 is 1.58 bits per heavy atom. The Morgan fingerprint density at radius 3 is 2.17 bits per heavy atom. The topological polar surface area (TPSA) is 78.1 Å². The summed E-state index contributed by atoms with van der Waals surface area (Å²) in [6, 6.07) is 9.93. The van der Waals surface area contributed by atoms with Crippen LogP contribution in [0.5, 0.6) is 23.0 Å². The number of hydrogen-bond acceptors (Lipinski definition) is 6. The van der Waals surface area contributed by atoms with Gasteiger partial charge in [-0.3, -0.25) is 4.79 Å². The van der Waals surface area contributed by atoms with Crippen LogP contribution in [0.25, 0.3) is 22.3 Å². The van der Waals surface area contributed by atoms with Gasteiger partial charge in [0.25, 0.3) is 0 Å². The van der Waals surface area contributed by atoms with Crippen LogP contribution in [0.3, 0.4) is 0 Å². The predicted molar refractivity (Wildman–Crippen MR) is 89.2 cm³/mol. The van der Waals surface area contributed by atoms with E-state index in [0.717, 1.165) is 0 Å². The maximum absolute atomic E-state index is 12.4. The Hall–Kier alpha value is -3.15. The van der Waals surface area contributed by atoms with Crippen molar-refractivity contribution in [2.24, 2.45) is 0 Å². The summed E-state index contributed by atoms with van der Waals surface area (Å²) in [5, 5.41) is 10.6. The van der Waals surface area contributed by atoms with Gasteiger partial charge >= 0.3 is 0 Å². The summed E-state index contributed by atoms with van der Waals surface area (Å²) < 4.78 is 21.6. The molecule has 1 N–H and O–H groups in total. The van der Waals surface area contributed by atoms with Gasteiger partial charge in [0.05, 0.1) is 26.7 Å². The van der Waals surface area contributed by atoms with E-state index in [9.17, 15) is 9.90 Å². The van der Waals surface area contributed by atoms with Crippen LogP contribution in [-0.2, 0) is 0 Å². The molecule has 0 radical (unpaired) electrons. The summed E-state index contributed by atoms with van der Waals surface area (Å²) in [6.45, 7) is 0. The van der Waals surface area contributed by atoms with Crippen molar-refractivity contribution in [3.05, 3.63) is 46.6 Å². The van der Waals surface area contributed by atoms with Crippen molar-refractivity contribution < 1.29 is 23.7 Å². The number of hydrogen-bond donors (Lipinski definition) is 1. The fourth-order valence-corrected chi connectivity index (χ4v) is 2.54. The van der Waals surface area contributed by atoms with E-state index in [2.05, 4.69) is 0 Å². The highest BCUT2D eigenvalue weighted by Gasteiger charge is 2.20. The molecule has 1 heterocycles. The van der Waals surface area contributed by atoms with E-state index < -0.39 is 11.2 Å². The molecule has 2 aromatic carbocycles. The van der Waals surface area contributed by atoms with Crippen LogP contribution in [0, 0.1) is 0 Å². The van der Waals surface area contributed by atoms with Crippen LogP contribution in [-0.4, -0.2) is 26.4 Å². The minimum atomic E-state index is -0.499. The first-order valence-corrected chi connectivity index (χ1v) is 7.16. The summed E-state index contributed by atoms with van der Waals surface area (Å²) in [6.07, 6.45) is 0. The van der Waals surface area contributed by atoms with Crippen LogP contribution >= 0.6 is 0 Å². The smallest absolute Gasteiger partial charge is 0.235 e. The quantitative estimate of drug-likeness (QED) is 0.792. The summed E-state index contributed by atoms with van der Waals surface area (Å²) in [4.78, 5) is 12.4. The Labute approximate surface area is 137 Å². The van der Waals surface area contributed by atoms with Crippen LogP contribution in [0.15, 0.2) is 45.6 Å². The van der Waals surface area contributed by atoms with Gasteiger partial charge < -0.3 is 23.7 Å². The molecule has 24 heavy (non-hydrogen) atoms. The van der Waals surface area contributed by atoms with Crippen molar-refractivity contribution in [1.82, 2.24) is 0 Å². The molecule has 0 bridgehead atoms. The molecule has 0 aliphatic carbocycles. The van der Waals surface area contributed by atoms with Crippen LogP contribution in [0.2, 0.25) is 0 Å². The molecule has 0 amide bonds. The van der Waals surface area contributed by atoms with Crippen molar-refractivity contribution in [2.45, 2.75) is 0 Å². The number of fused-ring (bicyclic) bond motifs is 1. The molecule has 0 atom stereocenters. The molecule has 1 aromatic heterocycles. The van der Waals surface area contributed by atoms with Crippen LogP contribution < -0.4 is 19.6 Å². The molecule has 0 aliphatic heterocycles. The monoisotopic (exact) mass is 328 g/mol. The Balaban J connectivity index is 2.31. The predicted octanol–water partition coefficient (Wildman–Crippen LogP) is 3.19. The van der Waals surface area contributed by atoms with Gasteiger partial charge in [-0.15, -0.1) is 0 Å². The summed E-state index contributed by atoms with van der Waals surface area (Å²) >= 11 is 0. The number of rotatable bonds is 4. The lowest BCUT2D eigenvalue weighted by Crippen LogP contribution is -2.03. The highest BCUT2D eigenvalue weighted by molar-refractivity contribution is 5.82. The van der Waals surface area contributed by atoms with Gasteiger partial charge in [0, 0.05) is 5.56 Å². The Morgan fingerprint density at radius 1 is 0.958 bits per heavy atom. The average Bonchev–Trinajstić information content (AvgIpc) is 2.63. The van der Waals surface area contributed by atoms with E-state index in [0.29, 0.717) is 33.8 Å². The zero-order chi connectivity index (χ0) is 17.3. The number of benzene rings is 2. The first kappa shape index (κ1) is 15.7. The largest absolute Gasteiger partial charge is 0.502 e. The molecule has 0 fully saturated rings. The van der Waals surface area contributed by atoms with Crippen molar-refractivity contribution in [3.63, 3.8) is 0 Å². The Kier molecular flexibility index (Phi) is 4.04. The van der Waals surface area contributed by atoms with Crippen molar-refractivity contribution >= 4 is 11.0 Å². The average molecular weight is 328 g/mol. The third-order valence-electron chi connectivity index (χ3n) is 3.70. The molecule has 124 valence electrons. The SMILES string of the molecule is COc1cc(-c2oc3ccccc3c(=O)c2O)cc(OC)c1OC. The van der Waals surface area contributed by atoms with E-state index in [1.54, 1.807) is 36.4 Å². The zero-order valence-electron chi connectivity index (χ0n) is 13.5. The molecule has 0 unspecified atom stereocenters. The van der Waals surface area contributed by atoms with Gasteiger partial charge in [0.15, 0.2) is 17.3 Å². The van der Waals surface area contributed by atoms with Crippen molar-refractivity contribution in [1.29, 1.82) is 0 Å². The molecule has 0 saturated carbocycles. The van der Waals surface area contributed by atoms with Crippen molar-refractivity contribution in [3.8, 4) is 34.3 Å². The molecular weight excluding hydrogens is 312 g/mol. The maximum atomic E-state index is 12.4. The molecule has 0 aliphatic rings. The lowest BCUT2D eigenvalue weighted by molar-refractivity contribution is 0.324. The molecule has 0 saturated heterocycles. The summed E-state index contributed by atoms with van der Waals surface area (Å²) in [5.41, 5.74) is 0.314. The second-order valence-electron chi connectivity index (χ2n) is 5.02. The zero-order valence-corrected chi connectivity index (χ0v) is 13.5. The highest BCUT2D eigenvalue weighted by Crippen LogP contribution is 2.42. The van der Waals surface area contributed by atoms with Crippen LogP contribution in [0.4, 0.5) is 0 Å². The van der Waals surface area contributed by atoms with Gasteiger partial charge in [-0.05, 0) is 24.3 Å².